The second kappa shape index (κ2) is 5.59. The van der Waals surface area contributed by atoms with Crippen molar-refractivity contribution in [3.63, 3.8) is 0 Å². The normalized spacial score (nSPS) is 21.0. The average Bonchev–Trinajstić information content (AvgIpc) is 2.41. The van der Waals surface area contributed by atoms with Crippen molar-refractivity contribution in [1.82, 2.24) is 4.31 Å². The van der Waals surface area contributed by atoms with Gasteiger partial charge in [-0.2, -0.15) is 9.57 Å². The highest BCUT2D eigenvalue weighted by Gasteiger charge is 2.34. The summed E-state index contributed by atoms with van der Waals surface area (Å²) in [5.41, 5.74) is 0.956. The van der Waals surface area contributed by atoms with Crippen LogP contribution in [0.2, 0.25) is 0 Å². The molecule has 0 spiro atoms. The molecule has 0 radical (unpaired) electrons. The van der Waals surface area contributed by atoms with E-state index in [1.807, 2.05) is 13.0 Å². The fraction of sp³-hybridized carbons (Fsp3) is 0.417. The SMILES string of the molecule is Cc1ccc(S(=O)(=O)N2CCOC[C@H]2C#N)cc1Br. The van der Waals surface area contributed by atoms with E-state index >= 15 is 0 Å². The van der Waals surface area contributed by atoms with Gasteiger partial charge < -0.3 is 4.74 Å². The van der Waals surface area contributed by atoms with Gasteiger partial charge in [0.2, 0.25) is 10.0 Å². The highest BCUT2D eigenvalue weighted by Crippen LogP contribution is 2.25. The molecule has 7 heteroatoms. The first-order valence-electron chi connectivity index (χ1n) is 5.72. The molecule has 0 amide bonds. The van der Waals surface area contributed by atoms with Crippen LogP contribution >= 0.6 is 15.9 Å². The molecule has 1 heterocycles. The first-order chi connectivity index (χ1) is 8.96. The van der Waals surface area contributed by atoms with Crippen LogP contribution in [0.5, 0.6) is 0 Å². The molecule has 102 valence electrons. The molecule has 19 heavy (non-hydrogen) atoms. The smallest absolute Gasteiger partial charge is 0.244 e. The number of benzene rings is 1. The Labute approximate surface area is 121 Å². The quantitative estimate of drug-likeness (QED) is 0.818. The summed E-state index contributed by atoms with van der Waals surface area (Å²) in [4.78, 5) is 0.187. The van der Waals surface area contributed by atoms with Gasteiger partial charge in [0.25, 0.3) is 0 Å². The molecule has 0 unspecified atom stereocenters. The van der Waals surface area contributed by atoms with Crippen molar-refractivity contribution in [2.45, 2.75) is 17.9 Å². The van der Waals surface area contributed by atoms with Crippen LogP contribution in [0.1, 0.15) is 5.56 Å². The van der Waals surface area contributed by atoms with Crippen molar-refractivity contribution in [2.24, 2.45) is 0 Å². The van der Waals surface area contributed by atoms with E-state index in [2.05, 4.69) is 15.9 Å². The molecule has 1 atom stereocenters. The summed E-state index contributed by atoms with van der Waals surface area (Å²) in [7, 11) is -3.66. The monoisotopic (exact) mass is 344 g/mol. The Morgan fingerprint density at radius 3 is 2.89 bits per heavy atom. The maximum absolute atomic E-state index is 12.5. The number of halogens is 1. The van der Waals surface area contributed by atoms with Gasteiger partial charge in [-0.1, -0.05) is 22.0 Å². The lowest BCUT2D eigenvalue weighted by Gasteiger charge is -2.30. The summed E-state index contributed by atoms with van der Waals surface area (Å²) in [6.07, 6.45) is 0. The summed E-state index contributed by atoms with van der Waals surface area (Å²) < 4.78 is 32.1. The third-order valence-electron chi connectivity index (χ3n) is 2.98. The summed E-state index contributed by atoms with van der Waals surface area (Å²) in [5.74, 6) is 0. The molecule has 1 aliphatic heterocycles. The van der Waals surface area contributed by atoms with Crippen molar-refractivity contribution in [3.05, 3.63) is 28.2 Å². The fourth-order valence-electron chi connectivity index (χ4n) is 1.85. The maximum atomic E-state index is 12.5. The minimum atomic E-state index is -3.66. The number of morpholine rings is 1. The number of ether oxygens (including phenoxy) is 1. The summed E-state index contributed by atoms with van der Waals surface area (Å²) in [5, 5.41) is 9.03. The van der Waals surface area contributed by atoms with Crippen LogP contribution in [0.15, 0.2) is 27.6 Å². The molecule has 1 aromatic carbocycles. The Morgan fingerprint density at radius 2 is 2.26 bits per heavy atom. The predicted molar refractivity (Wildman–Crippen MR) is 73.0 cm³/mol. The molecular formula is C12H13BrN2O3S. The molecule has 0 aromatic heterocycles. The molecule has 1 fully saturated rings. The van der Waals surface area contributed by atoms with E-state index in [1.54, 1.807) is 18.2 Å². The number of nitriles is 1. The Hall–Kier alpha value is -0.940. The van der Waals surface area contributed by atoms with Gasteiger partial charge in [0.1, 0.15) is 6.04 Å². The van der Waals surface area contributed by atoms with Gasteiger partial charge in [0.15, 0.2) is 0 Å². The van der Waals surface area contributed by atoms with E-state index in [9.17, 15) is 8.42 Å². The average molecular weight is 345 g/mol. The molecule has 0 saturated carbocycles. The first-order valence-corrected chi connectivity index (χ1v) is 7.95. The number of sulfonamides is 1. The molecule has 0 N–H and O–H groups in total. The predicted octanol–water partition coefficient (Wildman–Crippen LogP) is 1.67. The topological polar surface area (TPSA) is 70.4 Å². The number of hydrogen-bond donors (Lipinski definition) is 0. The van der Waals surface area contributed by atoms with Crippen LogP contribution in [-0.2, 0) is 14.8 Å². The van der Waals surface area contributed by atoms with Gasteiger partial charge in [0, 0.05) is 11.0 Å². The van der Waals surface area contributed by atoms with Gasteiger partial charge in [-0.15, -0.1) is 0 Å². The highest BCUT2D eigenvalue weighted by molar-refractivity contribution is 9.10. The third-order valence-corrected chi connectivity index (χ3v) is 5.74. The van der Waals surface area contributed by atoms with E-state index in [4.69, 9.17) is 10.00 Å². The molecule has 5 nitrogen and oxygen atoms in total. The summed E-state index contributed by atoms with van der Waals surface area (Å²) in [6.45, 7) is 2.51. The van der Waals surface area contributed by atoms with Crippen LogP contribution in [0, 0.1) is 18.3 Å². The summed E-state index contributed by atoms with van der Waals surface area (Å²) >= 11 is 3.32. The molecular weight excluding hydrogens is 332 g/mol. The van der Waals surface area contributed by atoms with Gasteiger partial charge in [-0.3, -0.25) is 0 Å². The largest absolute Gasteiger partial charge is 0.377 e. The van der Waals surface area contributed by atoms with E-state index < -0.39 is 16.1 Å². The second-order valence-electron chi connectivity index (χ2n) is 4.25. The lowest BCUT2D eigenvalue weighted by molar-refractivity contribution is 0.0511. The highest BCUT2D eigenvalue weighted by atomic mass is 79.9. The van der Waals surface area contributed by atoms with Crippen molar-refractivity contribution >= 4 is 26.0 Å². The minimum Gasteiger partial charge on any atom is -0.377 e. The molecule has 1 aromatic rings. The lowest BCUT2D eigenvalue weighted by Crippen LogP contribution is -2.47. The fourth-order valence-corrected chi connectivity index (χ4v) is 3.91. The zero-order valence-corrected chi connectivity index (χ0v) is 12.7. The van der Waals surface area contributed by atoms with Crippen LogP contribution in [0.25, 0.3) is 0 Å². The second-order valence-corrected chi connectivity index (χ2v) is 6.99. The van der Waals surface area contributed by atoms with Crippen LogP contribution in [0.3, 0.4) is 0 Å². The van der Waals surface area contributed by atoms with Gasteiger partial charge in [0.05, 0.1) is 24.2 Å². The van der Waals surface area contributed by atoms with Gasteiger partial charge in [-0.25, -0.2) is 8.42 Å². The Bertz CT molecular complexity index is 624. The van der Waals surface area contributed by atoms with E-state index in [0.29, 0.717) is 6.61 Å². The van der Waals surface area contributed by atoms with Crippen LogP contribution in [0.4, 0.5) is 0 Å². The molecule has 2 rings (SSSR count). The van der Waals surface area contributed by atoms with Crippen molar-refractivity contribution in [1.29, 1.82) is 5.26 Å². The van der Waals surface area contributed by atoms with Crippen molar-refractivity contribution < 1.29 is 13.2 Å². The van der Waals surface area contributed by atoms with E-state index in [1.165, 1.54) is 4.31 Å². The molecule has 0 bridgehead atoms. The van der Waals surface area contributed by atoms with Crippen molar-refractivity contribution in [2.75, 3.05) is 19.8 Å². The first kappa shape index (κ1) is 14.5. The number of nitrogens with zero attached hydrogens (tertiary/aromatic N) is 2. The Morgan fingerprint density at radius 1 is 1.53 bits per heavy atom. The van der Waals surface area contributed by atoms with Crippen molar-refractivity contribution in [3.8, 4) is 6.07 Å². The standard InChI is InChI=1S/C12H13BrN2O3S/c1-9-2-3-11(6-12(9)13)19(16,17)15-4-5-18-8-10(15)7-14/h2-3,6,10H,4-5,8H2,1H3/t10-/m1/s1. The Kier molecular flexibility index (Phi) is 4.26. The van der Waals surface area contributed by atoms with Gasteiger partial charge >= 0.3 is 0 Å². The third kappa shape index (κ3) is 2.82. The minimum absolute atomic E-state index is 0.114. The summed E-state index contributed by atoms with van der Waals surface area (Å²) in [6, 6.07) is 6.05. The molecule has 1 aliphatic rings. The molecule has 0 aliphatic carbocycles. The number of hydrogen-bond acceptors (Lipinski definition) is 4. The van der Waals surface area contributed by atoms with Crippen LogP contribution in [-0.4, -0.2) is 38.5 Å². The maximum Gasteiger partial charge on any atom is 0.244 e. The van der Waals surface area contributed by atoms with E-state index in [-0.39, 0.29) is 18.0 Å². The van der Waals surface area contributed by atoms with Crippen LogP contribution < -0.4 is 0 Å². The molecule has 1 saturated heterocycles. The van der Waals surface area contributed by atoms with E-state index in [0.717, 1.165) is 10.0 Å². The lowest BCUT2D eigenvalue weighted by atomic mass is 10.2. The zero-order valence-electron chi connectivity index (χ0n) is 10.3. The number of aryl methyl sites for hydroxylation is 1. The zero-order chi connectivity index (χ0) is 14.0. The Balaban J connectivity index is 2.41. The number of rotatable bonds is 2. The van der Waals surface area contributed by atoms with Gasteiger partial charge in [-0.05, 0) is 24.6 Å².